The van der Waals surface area contributed by atoms with Crippen LogP contribution in [0.5, 0.6) is 0 Å². The maximum absolute atomic E-state index is 12.5. The third kappa shape index (κ3) is 5.95. The second kappa shape index (κ2) is 6.76. The SMILES string of the molecule is Fc1cc(Cl)c(Br)c(Br)c1.OB(O)O. The van der Waals surface area contributed by atoms with Gasteiger partial charge in [-0.3, -0.25) is 0 Å². The molecule has 1 rings (SSSR count). The van der Waals surface area contributed by atoms with Gasteiger partial charge in [0.05, 0.1) is 9.50 Å². The molecule has 1 aromatic rings. The van der Waals surface area contributed by atoms with Gasteiger partial charge in [0.1, 0.15) is 5.82 Å². The van der Waals surface area contributed by atoms with E-state index in [1.807, 2.05) is 0 Å². The van der Waals surface area contributed by atoms with Gasteiger partial charge in [-0.25, -0.2) is 4.39 Å². The minimum atomic E-state index is -2.17. The number of benzene rings is 1. The minimum Gasteiger partial charge on any atom is -0.402 e. The molecule has 0 aliphatic heterocycles. The Kier molecular flexibility index (Phi) is 6.93. The Morgan fingerprint density at radius 3 is 2.00 bits per heavy atom. The number of hydrogen-bond donors (Lipinski definition) is 3. The van der Waals surface area contributed by atoms with E-state index in [0.717, 1.165) is 0 Å². The first-order chi connectivity index (χ1) is 6.34. The maximum Gasteiger partial charge on any atom is 0.631 e. The van der Waals surface area contributed by atoms with Gasteiger partial charge in [-0.1, -0.05) is 11.6 Å². The molecule has 0 aliphatic carbocycles. The normalized spacial score (nSPS) is 9.07. The molecule has 3 N–H and O–H groups in total. The van der Waals surface area contributed by atoms with Crippen LogP contribution in [0.25, 0.3) is 0 Å². The fourth-order valence-electron chi connectivity index (χ4n) is 0.525. The van der Waals surface area contributed by atoms with Gasteiger partial charge in [-0.05, 0) is 44.0 Å². The smallest absolute Gasteiger partial charge is 0.402 e. The Balaban J connectivity index is 0.000000364. The molecule has 14 heavy (non-hydrogen) atoms. The molecule has 0 atom stereocenters. The zero-order valence-electron chi connectivity index (χ0n) is 6.59. The van der Waals surface area contributed by atoms with Gasteiger partial charge in [-0.15, -0.1) is 0 Å². The van der Waals surface area contributed by atoms with Crippen LogP contribution in [0.4, 0.5) is 4.39 Å². The van der Waals surface area contributed by atoms with Crippen molar-refractivity contribution < 1.29 is 19.5 Å². The molecular formula is C6H5BBr2ClFO3. The van der Waals surface area contributed by atoms with Crippen LogP contribution in [-0.4, -0.2) is 22.4 Å². The fourth-order valence-corrected chi connectivity index (χ4v) is 1.51. The molecule has 0 saturated heterocycles. The molecule has 0 unspecified atom stereocenters. The Morgan fingerprint density at radius 1 is 1.21 bits per heavy atom. The van der Waals surface area contributed by atoms with Crippen LogP contribution in [0.15, 0.2) is 21.1 Å². The maximum atomic E-state index is 12.5. The first kappa shape index (κ1) is 14.3. The van der Waals surface area contributed by atoms with E-state index in [9.17, 15) is 4.39 Å². The van der Waals surface area contributed by atoms with Gasteiger partial charge in [0.2, 0.25) is 0 Å². The zero-order chi connectivity index (χ0) is 11.3. The van der Waals surface area contributed by atoms with Crippen molar-refractivity contribution in [3.63, 3.8) is 0 Å². The molecule has 3 nitrogen and oxygen atoms in total. The number of hydrogen-bond acceptors (Lipinski definition) is 3. The van der Waals surface area contributed by atoms with Gasteiger partial charge in [-0.2, -0.15) is 0 Å². The third-order valence-corrected chi connectivity index (χ3v) is 3.49. The molecule has 78 valence electrons. The summed E-state index contributed by atoms with van der Waals surface area (Å²) in [5.41, 5.74) is 0. The molecule has 0 fully saturated rings. The van der Waals surface area contributed by atoms with E-state index in [2.05, 4.69) is 31.9 Å². The monoisotopic (exact) mass is 348 g/mol. The minimum absolute atomic E-state index is 0.347. The summed E-state index contributed by atoms with van der Waals surface area (Å²) in [6, 6.07) is 2.59. The standard InChI is InChI=1S/C6H2Br2ClF.BH3O3/c7-4-1-3(10)2-5(9)6(4)8;2-1(3)4/h1-2H;2-4H. The zero-order valence-corrected chi connectivity index (χ0v) is 10.5. The lowest BCUT2D eigenvalue weighted by atomic mass is 10.3. The molecule has 0 radical (unpaired) electrons. The predicted molar refractivity (Wildman–Crippen MR) is 59.2 cm³/mol. The summed E-state index contributed by atoms with van der Waals surface area (Å²) in [4.78, 5) is 0. The lowest BCUT2D eigenvalue weighted by Crippen LogP contribution is -2.07. The molecule has 0 amide bonds. The van der Waals surface area contributed by atoms with Crippen LogP contribution < -0.4 is 0 Å². The van der Waals surface area contributed by atoms with Crippen LogP contribution in [-0.2, 0) is 0 Å². The Hall–Kier alpha value is 0.345. The molecule has 0 aromatic heterocycles. The second-order valence-corrected chi connectivity index (χ2v) is 4.08. The molecule has 0 saturated carbocycles. The van der Waals surface area contributed by atoms with Gasteiger partial charge in [0.25, 0.3) is 0 Å². The molecule has 1 aromatic carbocycles. The van der Waals surface area contributed by atoms with E-state index in [0.29, 0.717) is 14.0 Å². The molecule has 0 bridgehead atoms. The van der Waals surface area contributed by atoms with E-state index in [1.165, 1.54) is 12.1 Å². The van der Waals surface area contributed by atoms with E-state index in [1.54, 1.807) is 0 Å². The van der Waals surface area contributed by atoms with Crippen molar-refractivity contribution in [3.05, 3.63) is 31.9 Å². The highest BCUT2D eigenvalue weighted by molar-refractivity contribution is 9.13. The van der Waals surface area contributed by atoms with Crippen LogP contribution >= 0.6 is 43.5 Å². The lowest BCUT2D eigenvalue weighted by molar-refractivity contribution is 0.278. The van der Waals surface area contributed by atoms with Gasteiger partial charge in [0, 0.05) is 4.47 Å². The predicted octanol–water partition coefficient (Wildman–Crippen LogP) is 1.95. The topological polar surface area (TPSA) is 60.7 Å². The summed E-state index contributed by atoms with van der Waals surface area (Å²) in [6.07, 6.45) is 0. The summed E-state index contributed by atoms with van der Waals surface area (Å²) in [6.45, 7) is 0. The molecule has 8 heteroatoms. The third-order valence-electron chi connectivity index (χ3n) is 0.949. The van der Waals surface area contributed by atoms with Crippen molar-refractivity contribution in [3.8, 4) is 0 Å². The fraction of sp³-hybridized carbons (Fsp3) is 0. The number of rotatable bonds is 0. The lowest BCUT2D eigenvalue weighted by Gasteiger charge is -1.97. The molecule has 0 spiro atoms. The van der Waals surface area contributed by atoms with E-state index in [-0.39, 0.29) is 5.82 Å². The largest absolute Gasteiger partial charge is 0.631 e. The average Bonchev–Trinajstić information content (AvgIpc) is 1.98. The summed E-state index contributed by atoms with van der Waals surface area (Å²) < 4.78 is 13.8. The van der Waals surface area contributed by atoms with Gasteiger partial charge < -0.3 is 15.1 Å². The van der Waals surface area contributed by atoms with Crippen molar-refractivity contribution in [2.75, 3.05) is 0 Å². The van der Waals surface area contributed by atoms with Crippen molar-refractivity contribution >= 4 is 50.8 Å². The molecule has 0 aliphatic rings. The van der Waals surface area contributed by atoms with Gasteiger partial charge in [0.15, 0.2) is 0 Å². The van der Waals surface area contributed by atoms with Crippen molar-refractivity contribution in [2.24, 2.45) is 0 Å². The van der Waals surface area contributed by atoms with E-state index >= 15 is 0 Å². The Labute approximate surface area is 102 Å². The van der Waals surface area contributed by atoms with Crippen molar-refractivity contribution in [1.82, 2.24) is 0 Å². The molecule has 0 heterocycles. The van der Waals surface area contributed by atoms with E-state index in [4.69, 9.17) is 26.7 Å². The molecular weight excluding hydrogens is 345 g/mol. The average molecular weight is 350 g/mol. The second-order valence-electron chi connectivity index (χ2n) is 2.03. The summed E-state index contributed by atoms with van der Waals surface area (Å²) in [5.74, 6) is -0.347. The van der Waals surface area contributed by atoms with Crippen LogP contribution in [0.1, 0.15) is 0 Å². The highest BCUT2D eigenvalue weighted by atomic mass is 79.9. The van der Waals surface area contributed by atoms with Gasteiger partial charge >= 0.3 is 7.32 Å². The Morgan fingerprint density at radius 2 is 1.64 bits per heavy atom. The Bertz CT molecular complexity index is 287. The highest BCUT2D eigenvalue weighted by Crippen LogP contribution is 2.31. The van der Waals surface area contributed by atoms with Crippen molar-refractivity contribution in [2.45, 2.75) is 0 Å². The summed E-state index contributed by atoms with van der Waals surface area (Å²) in [7, 11) is -2.17. The van der Waals surface area contributed by atoms with Crippen LogP contribution in [0.2, 0.25) is 5.02 Å². The van der Waals surface area contributed by atoms with Crippen LogP contribution in [0, 0.1) is 5.82 Å². The first-order valence-electron chi connectivity index (χ1n) is 3.19. The summed E-state index contributed by atoms with van der Waals surface area (Å²) in [5, 5.41) is 21.9. The first-order valence-corrected chi connectivity index (χ1v) is 5.15. The van der Waals surface area contributed by atoms with Crippen LogP contribution in [0.3, 0.4) is 0 Å². The quantitative estimate of drug-likeness (QED) is 0.381. The summed E-state index contributed by atoms with van der Waals surface area (Å²) >= 11 is 11.9. The van der Waals surface area contributed by atoms with Crippen molar-refractivity contribution in [1.29, 1.82) is 0 Å². The van der Waals surface area contributed by atoms with E-state index < -0.39 is 7.32 Å². The number of halogens is 4. The highest BCUT2D eigenvalue weighted by Gasteiger charge is 2.03.